The fraction of sp³-hybridized carbons (Fsp3) is 0.286. The number of aryl methyl sites for hydroxylation is 1. The molecule has 0 aliphatic heterocycles. The van der Waals surface area contributed by atoms with Crippen LogP contribution >= 0.6 is 11.6 Å². The molecule has 0 fully saturated rings. The van der Waals surface area contributed by atoms with Gasteiger partial charge in [-0.3, -0.25) is 9.59 Å². The number of rotatable bonds is 7. The van der Waals surface area contributed by atoms with Crippen molar-refractivity contribution in [3.63, 3.8) is 0 Å². The van der Waals surface area contributed by atoms with E-state index in [2.05, 4.69) is 6.58 Å². The van der Waals surface area contributed by atoms with Crippen molar-refractivity contribution in [1.29, 1.82) is 0 Å². The van der Waals surface area contributed by atoms with E-state index in [1.807, 2.05) is 13.0 Å². The minimum Gasteiger partial charge on any atom is -0.482 e. The zero-order valence-electron chi connectivity index (χ0n) is 11.1. The van der Waals surface area contributed by atoms with Gasteiger partial charge in [0, 0.05) is 6.54 Å². The highest BCUT2D eigenvalue weighted by atomic mass is 35.5. The molecule has 5 nitrogen and oxygen atoms in total. The van der Waals surface area contributed by atoms with Crippen LogP contribution in [0, 0.1) is 6.92 Å². The third-order valence-corrected chi connectivity index (χ3v) is 2.78. The van der Waals surface area contributed by atoms with Gasteiger partial charge in [0.25, 0.3) is 5.91 Å². The Hall–Kier alpha value is -2.01. The second kappa shape index (κ2) is 7.55. The third kappa shape index (κ3) is 4.93. The summed E-state index contributed by atoms with van der Waals surface area (Å²) in [6.07, 6.45) is 1.46. The van der Waals surface area contributed by atoms with Gasteiger partial charge in [-0.1, -0.05) is 23.7 Å². The molecule has 0 saturated heterocycles. The first-order chi connectivity index (χ1) is 9.43. The van der Waals surface area contributed by atoms with E-state index in [9.17, 15) is 9.59 Å². The first kappa shape index (κ1) is 16.0. The first-order valence-electron chi connectivity index (χ1n) is 5.93. The third-order valence-electron chi connectivity index (χ3n) is 2.47. The summed E-state index contributed by atoms with van der Waals surface area (Å²) in [7, 11) is 0. The number of carbonyl (C=O) groups is 2. The summed E-state index contributed by atoms with van der Waals surface area (Å²) < 4.78 is 5.34. The van der Waals surface area contributed by atoms with E-state index >= 15 is 0 Å². The van der Waals surface area contributed by atoms with Crippen LogP contribution in [-0.2, 0) is 9.59 Å². The normalized spacial score (nSPS) is 9.90. The standard InChI is InChI=1S/C14H16ClNO4/c1-3-6-16(8-14(18)19)13(17)9-20-12-7-10(2)4-5-11(12)15/h3-5,7H,1,6,8-9H2,2H3,(H,18,19). The minimum atomic E-state index is -1.09. The molecule has 0 spiro atoms. The SMILES string of the molecule is C=CCN(CC(=O)O)C(=O)COc1cc(C)ccc1Cl. The Labute approximate surface area is 122 Å². The van der Waals surface area contributed by atoms with E-state index < -0.39 is 18.4 Å². The molecule has 0 saturated carbocycles. The lowest BCUT2D eigenvalue weighted by Crippen LogP contribution is -2.38. The second-order valence-electron chi connectivity index (χ2n) is 4.18. The monoisotopic (exact) mass is 297 g/mol. The molecular formula is C14H16ClNO4. The molecule has 6 heteroatoms. The molecular weight excluding hydrogens is 282 g/mol. The fourth-order valence-electron chi connectivity index (χ4n) is 1.53. The highest BCUT2D eigenvalue weighted by Crippen LogP contribution is 2.25. The maximum absolute atomic E-state index is 11.9. The summed E-state index contributed by atoms with van der Waals surface area (Å²) in [6, 6.07) is 5.21. The van der Waals surface area contributed by atoms with Crippen LogP contribution in [0.4, 0.5) is 0 Å². The molecule has 0 aliphatic carbocycles. The van der Waals surface area contributed by atoms with Gasteiger partial charge in [-0.05, 0) is 24.6 Å². The van der Waals surface area contributed by atoms with E-state index in [4.69, 9.17) is 21.4 Å². The lowest BCUT2D eigenvalue weighted by atomic mass is 10.2. The molecule has 1 aromatic rings. The molecule has 0 unspecified atom stereocenters. The molecule has 108 valence electrons. The van der Waals surface area contributed by atoms with Gasteiger partial charge in [0.05, 0.1) is 5.02 Å². The maximum atomic E-state index is 11.9. The average molecular weight is 298 g/mol. The van der Waals surface area contributed by atoms with Gasteiger partial charge in [-0.25, -0.2) is 0 Å². The zero-order chi connectivity index (χ0) is 15.1. The van der Waals surface area contributed by atoms with Crippen LogP contribution in [0.5, 0.6) is 5.75 Å². The van der Waals surface area contributed by atoms with E-state index in [0.29, 0.717) is 10.8 Å². The van der Waals surface area contributed by atoms with Crippen molar-refractivity contribution >= 4 is 23.5 Å². The van der Waals surface area contributed by atoms with Gasteiger partial charge in [0.1, 0.15) is 12.3 Å². The number of halogens is 1. The number of amides is 1. The average Bonchev–Trinajstić information content (AvgIpc) is 2.38. The van der Waals surface area contributed by atoms with Crippen LogP contribution in [0.1, 0.15) is 5.56 Å². The van der Waals surface area contributed by atoms with Crippen LogP contribution in [0.3, 0.4) is 0 Å². The summed E-state index contributed by atoms with van der Waals surface area (Å²) in [5.41, 5.74) is 0.949. The van der Waals surface area contributed by atoms with Crippen LogP contribution in [0.2, 0.25) is 5.02 Å². The highest BCUT2D eigenvalue weighted by molar-refractivity contribution is 6.32. The number of carboxylic acids is 1. The molecule has 1 amide bonds. The summed E-state index contributed by atoms with van der Waals surface area (Å²) >= 11 is 5.94. The van der Waals surface area contributed by atoms with Crippen LogP contribution in [0.15, 0.2) is 30.9 Å². The lowest BCUT2D eigenvalue weighted by Gasteiger charge is -2.19. The molecule has 20 heavy (non-hydrogen) atoms. The number of hydrogen-bond acceptors (Lipinski definition) is 3. The molecule has 0 heterocycles. The molecule has 0 radical (unpaired) electrons. The van der Waals surface area contributed by atoms with Crippen LogP contribution < -0.4 is 4.74 Å². The molecule has 1 aromatic carbocycles. The number of nitrogens with zero attached hydrogens (tertiary/aromatic N) is 1. The summed E-state index contributed by atoms with van der Waals surface area (Å²) in [5.74, 6) is -1.13. The zero-order valence-corrected chi connectivity index (χ0v) is 11.9. The molecule has 0 bridgehead atoms. The van der Waals surface area contributed by atoms with Crippen LogP contribution in [0.25, 0.3) is 0 Å². The van der Waals surface area contributed by atoms with Gasteiger partial charge in [0.2, 0.25) is 0 Å². The van der Waals surface area contributed by atoms with Crippen molar-refractivity contribution in [1.82, 2.24) is 4.90 Å². The second-order valence-corrected chi connectivity index (χ2v) is 4.59. The lowest BCUT2D eigenvalue weighted by molar-refractivity contribution is -0.144. The Morgan fingerprint density at radius 2 is 2.20 bits per heavy atom. The summed E-state index contributed by atoms with van der Waals surface area (Å²) in [4.78, 5) is 23.7. The first-order valence-corrected chi connectivity index (χ1v) is 6.31. The number of carboxylic acid groups (broad SMARTS) is 1. The Balaban J connectivity index is 2.66. The van der Waals surface area contributed by atoms with Gasteiger partial charge >= 0.3 is 5.97 Å². The van der Waals surface area contributed by atoms with Crippen molar-refractivity contribution in [3.8, 4) is 5.75 Å². The Morgan fingerprint density at radius 3 is 2.80 bits per heavy atom. The number of hydrogen-bond donors (Lipinski definition) is 1. The van der Waals surface area contributed by atoms with Gasteiger partial charge in [-0.15, -0.1) is 6.58 Å². The fourth-order valence-corrected chi connectivity index (χ4v) is 1.70. The minimum absolute atomic E-state index is 0.149. The number of carbonyl (C=O) groups excluding carboxylic acids is 1. The largest absolute Gasteiger partial charge is 0.482 e. The van der Waals surface area contributed by atoms with E-state index in [0.717, 1.165) is 10.5 Å². The predicted molar refractivity (Wildman–Crippen MR) is 76.1 cm³/mol. The van der Waals surface area contributed by atoms with E-state index in [-0.39, 0.29) is 13.2 Å². The number of aliphatic carboxylic acids is 1. The molecule has 1 N–H and O–H groups in total. The number of ether oxygens (including phenoxy) is 1. The summed E-state index contributed by atoms with van der Waals surface area (Å²) in [5, 5.41) is 9.13. The van der Waals surface area contributed by atoms with Crippen molar-refractivity contribution in [3.05, 3.63) is 41.4 Å². The molecule has 0 aliphatic rings. The van der Waals surface area contributed by atoms with Gasteiger partial charge in [0.15, 0.2) is 6.61 Å². The van der Waals surface area contributed by atoms with Crippen molar-refractivity contribution in [2.24, 2.45) is 0 Å². The number of benzene rings is 1. The topological polar surface area (TPSA) is 66.8 Å². The Kier molecular flexibility index (Phi) is 6.06. The van der Waals surface area contributed by atoms with Crippen molar-refractivity contribution in [2.45, 2.75) is 6.92 Å². The van der Waals surface area contributed by atoms with Gasteiger partial charge < -0.3 is 14.7 Å². The quantitative estimate of drug-likeness (QED) is 0.783. The van der Waals surface area contributed by atoms with Crippen molar-refractivity contribution in [2.75, 3.05) is 19.7 Å². The summed E-state index contributed by atoms with van der Waals surface area (Å²) in [6.45, 7) is 4.84. The molecule has 0 atom stereocenters. The Bertz CT molecular complexity index is 516. The highest BCUT2D eigenvalue weighted by Gasteiger charge is 2.16. The molecule has 1 rings (SSSR count). The smallest absolute Gasteiger partial charge is 0.323 e. The van der Waals surface area contributed by atoms with E-state index in [1.54, 1.807) is 12.1 Å². The van der Waals surface area contributed by atoms with Crippen molar-refractivity contribution < 1.29 is 19.4 Å². The maximum Gasteiger partial charge on any atom is 0.323 e. The predicted octanol–water partition coefficient (Wildman–Crippen LogP) is 2.13. The van der Waals surface area contributed by atoms with Crippen LogP contribution in [-0.4, -0.2) is 41.6 Å². The molecule has 0 aromatic heterocycles. The Morgan fingerprint density at radius 1 is 1.50 bits per heavy atom. The van der Waals surface area contributed by atoms with E-state index in [1.165, 1.54) is 6.08 Å². The van der Waals surface area contributed by atoms with Gasteiger partial charge in [-0.2, -0.15) is 0 Å².